The summed E-state index contributed by atoms with van der Waals surface area (Å²) in [4.78, 5) is 0. The zero-order valence-electron chi connectivity index (χ0n) is 8.75. The van der Waals surface area contributed by atoms with Crippen molar-refractivity contribution in [2.24, 2.45) is 5.92 Å². The Kier molecular flexibility index (Phi) is 4.66. The van der Waals surface area contributed by atoms with Crippen molar-refractivity contribution in [1.82, 2.24) is 0 Å². The van der Waals surface area contributed by atoms with Crippen molar-refractivity contribution in [1.29, 1.82) is 0 Å². The predicted octanol–water partition coefficient (Wildman–Crippen LogP) is 4.04. The molecule has 0 amide bonds. The predicted molar refractivity (Wildman–Crippen MR) is 55.7 cm³/mol. The lowest BCUT2D eigenvalue weighted by Gasteiger charge is -2.12. The summed E-state index contributed by atoms with van der Waals surface area (Å²) in [6, 6.07) is 2.08. The van der Waals surface area contributed by atoms with Crippen LogP contribution in [-0.4, -0.2) is 0 Å². The minimum absolute atomic E-state index is 0.845. The van der Waals surface area contributed by atoms with Gasteiger partial charge in [0, 0.05) is 0 Å². The van der Waals surface area contributed by atoms with E-state index in [2.05, 4.69) is 19.9 Å². The highest BCUT2D eigenvalue weighted by molar-refractivity contribution is 5.06. The quantitative estimate of drug-likeness (QED) is 0.644. The molecule has 1 heteroatoms. The standard InChI is InChI=1S/C12H20O/c1-3-5-6-11(4-2)9-12-7-8-13-10-12/h7-8,10-11H,3-6,9H2,1-2H3. The molecule has 0 aliphatic rings. The van der Waals surface area contributed by atoms with E-state index in [9.17, 15) is 0 Å². The van der Waals surface area contributed by atoms with Gasteiger partial charge in [-0.25, -0.2) is 0 Å². The highest BCUT2D eigenvalue weighted by Gasteiger charge is 2.07. The summed E-state index contributed by atoms with van der Waals surface area (Å²) in [5.41, 5.74) is 1.35. The molecule has 0 aliphatic heterocycles. The first-order valence-corrected chi connectivity index (χ1v) is 5.37. The van der Waals surface area contributed by atoms with Gasteiger partial charge in [-0.3, -0.25) is 0 Å². The van der Waals surface area contributed by atoms with Gasteiger partial charge in [-0.05, 0) is 24.0 Å². The van der Waals surface area contributed by atoms with Crippen LogP contribution in [0.4, 0.5) is 0 Å². The van der Waals surface area contributed by atoms with Crippen LogP contribution in [-0.2, 0) is 6.42 Å². The first-order valence-electron chi connectivity index (χ1n) is 5.37. The Bertz CT molecular complexity index is 201. The molecule has 0 N–H and O–H groups in total. The lowest BCUT2D eigenvalue weighted by atomic mass is 9.93. The Morgan fingerprint density at radius 2 is 2.23 bits per heavy atom. The summed E-state index contributed by atoms with van der Waals surface area (Å²) in [6.45, 7) is 4.53. The van der Waals surface area contributed by atoms with Crippen molar-refractivity contribution in [2.45, 2.75) is 46.0 Å². The molecule has 0 saturated heterocycles. The summed E-state index contributed by atoms with van der Waals surface area (Å²) >= 11 is 0. The van der Waals surface area contributed by atoms with E-state index in [1.807, 2.05) is 6.26 Å². The zero-order valence-corrected chi connectivity index (χ0v) is 8.75. The van der Waals surface area contributed by atoms with Crippen LogP contribution in [0.3, 0.4) is 0 Å². The SMILES string of the molecule is CCCCC(CC)Cc1ccoc1. The van der Waals surface area contributed by atoms with Crippen molar-refractivity contribution in [3.8, 4) is 0 Å². The third-order valence-electron chi connectivity index (χ3n) is 2.65. The van der Waals surface area contributed by atoms with E-state index >= 15 is 0 Å². The third-order valence-corrected chi connectivity index (χ3v) is 2.65. The Hall–Kier alpha value is -0.720. The molecule has 0 spiro atoms. The van der Waals surface area contributed by atoms with Gasteiger partial charge in [0.25, 0.3) is 0 Å². The molecule has 1 aromatic heterocycles. The monoisotopic (exact) mass is 180 g/mol. The highest BCUT2D eigenvalue weighted by atomic mass is 16.3. The minimum atomic E-state index is 0.845. The molecular formula is C12H20O. The second-order valence-corrected chi connectivity index (χ2v) is 3.75. The van der Waals surface area contributed by atoms with Gasteiger partial charge in [0.15, 0.2) is 0 Å². The molecule has 0 aromatic carbocycles. The smallest absolute Gasteiger partial charge is 0.0934 e. The fraction of sp³-hybridized carbons (Fsp3) is 0.667. The van der Waals surface area contributed by atoms with Gasteiger partial charge in [-0.2, -0.15) is 0 Å². The van der Waals surface area contributed by atoms with Crippen molar-refractivity contribution >= 4 is 0 Å². The molecular weight excluding hydrogens is 160 g/mol. The topological polar surface area (TPSA) is 13.1 Å². The zero-order chi connectivity index (χ0) is 9.52. The Morgan fingerprint density at radius 1 is 1.38 bits per heavy atom. The van der Waals surface area contributed by atoms with Crippen LogP contribution in [0.1, 0.15) is 45.1 Å². The molecule has 0 aliphatic carbocycles. The van der Waals surface area contributed by atoms with Crippen LogP contribution < -0.4 is 0 Å². The normalized spacial score (nSPS) is 13.1. The van der Waals surface area contributed by atoms with Gasteiger partial charge in [0.05, 0.1) is 12.5 Å². The second-order valence-electron chi connectivity index (χ2n) is 3.75. The maximum absolute atomic E-state index is 5.06. The van der Waals surface area contributed by atoms with E-state index in [0.29, 0.717) is 0 Å². The number of hydrogen-bond acceptors (Lipinski definition) is 1. The van der Waals surface area contributed by atoms with E-state index in [1.165, 1.54) is 37.7 Å². The lowest BCUT2D eigenvalue weighted by molar-refractivity contribution is 0.446. The largest absolute Gasteiger partial charge is 0.472 e. The lowest BCUT2D eigenvalue weighted by Crippen LogP contribution is -2.02. The van der Waals surface area contributed by atoms with Crippen LogP contribution in [0.2, 0.25) is 0 Å². The van der Waals surface area contributed by atoms with Gasteiger partial charge >= 0.3 is 0 Å². The maximum atomic E-state index is 5.06. The highest BCUT2D eigenvalue weighted by Crippen LogP contribution is 2.18. The van der Waals surface area contributed by atoms with Crippen molar-refractivity contribution < 1.29 is 4.42 Å². The molecule has 1 heterocycles. The summed E-state index contributed by atoms with van der Waals surface area (Å²) < 4.78 is 5.06. The number of unbranched alkanes of at least 4 members (excludes halogenated alkanes) is 1. The van der Waals surface area contributed by atoms with Gasteiger partial charge in [-0.1, -0.05) is 39.5 Å². The minimum Gasteiger partial charge on any atom is -0.472 e. The van der Waals surface area contributed by atoms with Crippen LogP contribution >= 0.6 is 0 Å². The van der Waals surface area contributed by atoms with Gasteiger partial charge in [0.2, 0.25) is 0 Å². The molecule has 1 unspecified atom stereocenters. The molecule has 0 saturated carbocycles. The average Bonchev–Trinajstić information content (AvgIpc) is 2.64. The Labute approximate surface area is 81.1 Å². The summed E-state index contributed by atoms with van der Waals surface area (Å²) in [6.07, 6.45) is 10.1. The van der Waals surface area contributed by atoms with Gasteiger partial charge < -0.3 is 4.42 Å². The van der Waals surface area contributed by atoms with Gasteiger partial charge in [0.1, 0.15) is 0 Å². The molecule has 13 heavy (non-hydrogen) atoms. The first kappa shape index (κ1) is 10.4. The molecule has 1 atom stereocenters. The molecule has 0 fully saturated rings. The second kappa shape index (κ2) is 5.85. The maximum Gasteiger partial charge on any atom is 0.0934 e. The summed E-state index contributed by atoms with van der Waals surface area (Å²) in [5.74, 6) is 0.845. The molecule has 1 aromatic rings. The molecule has 1 rings (SSSR count). The summed E-state index contributed by atoms with van der Waals surface area (Å²) in [5, 5.41) is 0. The van der Waals surface area contributed by atoms with E-state index < -0.39 is 0 Å². The van der Waals surface area contributed by atoms with Crippen molar-refractivity contribution in [2.75, 3.05) is 0 Å². The summed E-state index contributed by atoms with van der Waals surface area (Å²) in [7, 11) is 0. The van der Waals surface area contributed by atoms with E-state index in [-0.39, 0.29) is 0 Å². The van der Waals surface area contributed by atoms with E-state index in [0.717, 1.165) is 5.92 Å². The fourth-order valence-electron chi connectivity index (χ4n) is 1.69. The Balaban J connectivity index is 2.31. The molecule has 74 valence electrons. The van der Waals surface area contributed by atoms with Gasteiger partial charge in [-0.15, -0.1) is 0 Å². The first-order chi connectivity index (χ1) is 6.36. The van der Waals surface area contributed by atoms with Crippen molar-refractivity contribution in [3.63, 3.8) is 0 Å². The van der Waals surface area contributed by atoms with Crippen LogP contribution in [0.5, 0.6) is 0 Å². The van der Waals surface area contributed by atoms with Crippen LogP contribution in [0.15, 0.2) is 23.0 Å². The van der Waals surface area contributed by atoms with E-state index in [4.69, 9.17) is 4.42 Å². The van der Waals surface area contributed by atoms with Crippen molar-refractivity contribution in [3.05, 3.63) is 24.2 Å². The number of hydrogen-bond donors (Lipinski definition) is 0. The average molecular weight is 180 g/mol. The third kappa shape index (κ3) is 3.67. The molecule has 0 radical (unpaired) electrons. The molecule has 1 nitrogen and oxygen atoms in total. The number of furan rings is 1. The number of rotatable bonds is 6. The molecule has 0 bridgehead atoms. The van der Waals surface area contributed by atoms with Crippen LogP contribution in [0, 0.1) is 5.92 Å². The fourth-order valence-corrected chi connectivity index (χ4v) is 1.69. The Morgan fingerprint density at radius 3 is 2.77 bits per heavy atom. The van der Waals surface area contributed by atoms with Crippen LogP contribution in [0.25, 0.3) is 0 Å². The van der Waals surface area contributed by atoms with E-state index in [1.54, 1.807) is 6.26 Å².